The minimum Gasteiger partial charge on any atom is -0.341 e. The highest BCUT2D eigenvalue weighted by atomic mass is 32.1. The number of hydrogen-bond acceptors (Lipinski definition) is 4. The van der Waals surface area contributed by atoms with Crippen molar-refractivity contribution in [2.24, 2.45) is 0 Å². The van der Waals surface area contributed by atoms with Crippen molar-refractivity contribution >= 4 is 27.5 Å². The highest BCUT2D eigenvalue weighted by molar-refractivity contribution is 7.17. The first-order valence-electron chi connectivity index (χ1n) is 9.14. The van der Waals surface area contributed by atoms with Gasteiger partial charge in [0.25, 0.3) is 5.56 Å². The van der Waals surface area contributed by atoms with Gasteiger partial charge in [-0.05, 0) is 36.4 Å². The van der Waals surface area contributed by atoms with Crippen molar-refractivity contribution in [2.75, 3.05) is 13.1 Å². The second-order valence-electron chi connectivity index (χ2n) is 6.36. The van der Waals surface area contributed by atoms with E-state index < -0.39 is 5.69 Å². The molecule has 7 heteroatoms. The first-order chi connectivity index (χ1) is 13.1. The lowest BCUT2D eigenvalue weighted by Gasteiger charge is -2.22. The minimum absolute atomic E-state index is 0.0703. The predicted octanol–water partition coefficient (Wildman–Crippen LogP) is 2.86. The average Bonchev–Trinajstić information content (AvgIpc) is 3.16. The molecular weight excluding hydrogens is 362 g/mol. The molecule has 0 saturated heterocycles. The maximum absolute atomic E-state index is 13.1. The summed E-state index contributed by atoms with van der Waals surface area (Å²) in [6.07, 6.45) is 1.72. The lowest BCUT2D eigenvalue weighted by molar-refractivity contribution is -0.131. The Bertz CT molecular complexity index is 1040. The molecule has 0 aliphatic heterocycles. The SMILES string of the molecule is CCCN(CCC)C(=O)Cn1c(=O)n(-c2ccccc2)c(=O)c2sccc21. The van der Waals surface area contributed by atoms with Gasteiger partial charge in [0.05, 0.1) is 11.2 Å². The van der Waals surface area contributed by atoms with Crippen LogP contribution in [0, 0.1) is 0 Å². The normalized spacial score (nSPS) is 11.0. The average molecular weight is 385 g/mol. The summed E-state index contributed by atoms with van der Waals surface area (Å²) in [5.74, 6) is -0.105. The standard InChI is InChI=1S/C20H23N3O3S/c1-3-11-21(12-4-2)17(24)14-22-16-10-13-27-18(16)19(25)23(20(22)26)15-8-6-5-7-9-15/h5-10,13H,3-4,11-12,14H2,1-2H3. The van der Waals surface area contributed by atoms with Crippen LogP contribution in [0.5, 0.6) is 0 Å². The lowest BCUT2D eigenvalue weighted by Crippen LogP contribution is -2.42. The summed E-state index contributed by atoms with van der Waals surface area (Å²) in [6.45, 7) is 5.29. The van der Waals surface area contributed by atoms with E-state index in [0.717, 1.165) is 17.4 Å². The number of carbonyl (C=O) groups excluding carboxylic acids is 1. The third-order valence-corrected chi connectivity index (χ3v) is 5.29. The Kier molecular flexibility index (Phi) is 5.91. The fourth-order valence-corrected chi connectivity index (χ4v) is 4.01. The van der Waals surface area contributed by atoms with Crippen LogP contribution in [0.2, 0.25) is 0 Å². The molecule has 0 spiro atoms. The van der Waals surface area contributed by atoms with Crippen LogP contribution in [0.25, 0.3) is 15.9 Å². The van der Waals surface area contributed by atoms with Gasteiger partial charge in [0.2, 0.25) is 5.91 Å². The maximum Gasteiger partial charge on any atom is 0.336 e. The number of amides is 1. The Balaban J connectivity index is 2.13. The molecule has 0 fully saturated rings. The fourth-order valence-electron chi connectivity index (χ4n) is 3.18. The summed E-state index contributed by atoms with van der Waals surface area (Å²) in [5.41, 5.74) is 0.184. The molecule has 0 atom stereocenters. The van der Waals surface area contributed by atoms with Gasteiger partial charge in [-0.15, -0.1) is 11.3 Å². The molecule has 1 aromatic carbocycles. The molecule has 0 N–H and O–H groups in total. The number of carbonyl (C=O) groups is 1. The van der Waals surface area contributed by atoms with E-state index in [9.17, 15) is 14.4 Å². The quantitative estimate of drug-likeness (QED) is 0.628. The Morgan fingerprint density at radius 3 is 2.33 bits per heavy atom. The predicted molar refractivity (Wildman–Crippen MR) is 109 cm³/mol. The van der Waals surface area contributed by atoms with Crippen LogP contribution < -0.4 is 11.2 Å². The number of benzene rings is 1. The van der Waals surface area contributed by atoms with Gasteiger partial charge in [-0.25, -0.2) is 9.36 Å². The number of para-hydroxylation sites is 1. The molecule has 0 bridgehead atoms. The first kappa shape index (κ1) is 19.1. The second kappa shape index (κ2) is 8.35. The largest absolute Gasteiger partial charge is 0.341 e. The molecule has 142 valence electrons. The van der Waals surface area contributed by atoms with Gasteiger partial charge in [0.15, 0.2) is 0 Å². The minimum atomic E-state index is -0.488. The Hall–Kier alpha value is -2.67. The molecule has 0 aliphatic carbocycles. The van der Waals surface area contributed by atoms with Crippen LogP contribution in [-0.2, 0) is 11.3 Å². The van der Waals surface area contributed by atoms with Crippen molar-refractivity contribution < 1.29 is 4.79 Å². The highest BCUT2D eigenvalue weighted by Crippen LogP contribution is 2.16. The zero-order chi connectivity index (χ0) is 19.4. The molecule has 2 aromatic heterocycles. The van der Waals surface area contributed by atoms with Gasteiger partial charge in [-0.2, -0.15) is 0 Å². The Morgan fingerprint density at radius 1 is 1.04 bits per heavy atom. The van der Waals surface area contributed by atoms with E-state index in [4.69, 9.17) is 0 Å². The molecule has 3 aromatic rings. The van der Waals surface area contributed by atoms with E-state index in [1.165, 1.54) is 15.9 Å². The smallest absolute Gasteiger partial charge is 0.336 e. The summed E-state index contributed by atoms with van der Waals surface area (Å²) in [7, 11) is 0. The van der Waals surface area contributed by atoms with Gasteiger partial charge in [0.1, 0.15) is 11.2 Å². The summed E-state index contributed by atoms with van der Waals surface area (Å²) in [4.78, 5) is 40.6. The van der Waals surface area contributed by atoms with Gasteiger partial charge in [0, 0.05) is 13.1 Å². The van der Waals surface area contributed by atoms with Crippen LogP contribution in [0.15, 0.2) is 51.4 Å². The van der Waals surface area contributed by atoms with Crippen molar-refractivity contribution in [3.63, 3.8) is 0 Å². The number of fused-ring (bicyclic) bond motifs is 1. The van der Waals surface area contributed by atoms with E-state index in [-0.39, 0.29) is 18.0 Å². The van der Waals surface area contributed by atoms with Crippen LogP contribution >= 0.6 is 11.3 Å². The Morgan fingerprint density at radius 2 is 1.70 bits per heavy atom. The van der Waals surface area contributed by atoms with Crippen molar-refractivity contribution in [1.29, 1.82) is 0 Å². The van der Waals surface area contributed by atoms with Crippen molar-refractivity contribution in [3.05, 3.63) is 62.6 Å². The number of thiophene rings is 1. The Labute approximate surface area is 161 Å². The molecule has 0 aliphatic rings. The lowest BCUT2D eigenvalue weighted by atomic mass is 10.3. The van der Waals surface area contributed by atoms with E-state index in [1.54, 1.807) is 40.6 Å². The van der Waals surface area contributed by atoms with E-state index in [1.807, 2.05) is 19.9 Å². The van der Waals surface area contributed by atoms with Crippen molar-refractivity contribution in [1.82, 2.24) is 14.0 Å². The van der Waals surface area contributed by atoms with Crippen LogP contribution in [-0.4, -0.2) is 33.0 Å². The van der Waals surface area contributed by atoms with Crippen LogP contribution in [0.3, 0.4) is 0 Å². The van der Waals surface area contributed by atoms with Crippen molar-refractivity contribution in [3.8, 4) is 5.69 Å². The monoisotopic (exact) mass is 385 g/mol. The number of rotatable bonds is 7. The zero-order valence-corrected chi connectivity index (χ0v) is 16.4. The molecule has 1 amide bonds. The van der Waals surface area contributed by atoms with Gasteiger partial charge in [-0.3, -0.25) is 14.2 Å². The van der Waals surface area contributed by atoms with Crippen LogP contribution in [0.4, 0.5) is 0 Å². The zero-order valence-electron chi connectivity index (χ0n) is 15.6. The molecule has 0 saturated carbocycles. The van der Waals surface area contributed by atoms with Gasteiger partial charge >= 0.3 is 5.69 Å². The molecule has 2 heterocycles. The third-order valence-electron chi connectivity index (χ3n) is 4.40. The number of nitrogens with zero attached hydrogens (tertiary/aromatic N) is 3. The molecular formula is C20H23N3O3S. The summed E-state index contributed by atoms with van der Waals surface area (Å²) in [6, 6.07) is 10.5. The number of hydrogen-bond donors (Lipinski definition) is 0. The molecule has 6 nitrogen and oxygen atoms in total. The van der Waals surface area contributed by atoms with Gasteiger partial charge < -0.3 is 4.90 Å². The molecule has 0 unspecified atom stereocenters. The summed E-state index contributed by atoms with van der Waals surface area (Å²) >= 11 is 1.28. The third kappa shape index (κ3) is 3.73. The molecule has 3 rings (SSSR count). The van der Waals surface area contributed by atoms with Crippen LogP contribution in [0.1, 0.15) is 26.7 Å². The maximum atomic E-state index is 13.1. The highest BCUT2D eigenvalue weighted by Gasteiger charge is 2.19. The molecule has 0 radical (unpaired) electrons. The van der Waals surface area contributed by atoms with E-state index >= 15 is 0 Å². The summed E-state index contributed by atoms with van der Waals surface area (Å²) < 4.78 is 3.04. The number of aromatic nitrogens is 2. The summed E-state index contributed by atoms with van der Waals surface area (Å²) in [5, 5.41) is 1.78. The van der Waals surface area contributed by atoms with Gasteiger partial charge in [-0.1, -0.05) is 32.0 Å². The van der Waals surface area contributed by atoms with E-state index in [0.29, 0.717) is 29.0 Å². The molecule has 27 heavy (non-hydrogen) atoms. The topological polar surface area (TPSA) is 64.3 Å². The fraction of sp³-hybridized carbons (Fsp3) is 0.350. The first-order valence-corrected chi connectivity index (χ1v) is 10.0. The van der Waals surface area contributed by atoms with E-state index in [2.05, 4.69) is 0 Å². The second-order valence-corrected chi connectivity index (χ2v) is 7.28. The van der Waals surface area contributed by atoms with Crippen molar-refractivity contribution in [2.45, 2.75) is 33.2 Å².